The number of hydrogen-bond donors (Lipinski definition) is 0. The van der Waals surface area contributed by atoms with E-state index >= 15 is 0 Å². The van der Waals surface area contributed by atoms with Gasteiger partial charge in [-0.3, -0.25) is 0 Å². The van der Waals surface area contributed by atoms with Crippen molar-refractivity contribution < 1.29 is 0 Å². The number of fused-ring (bicyclic) bond motifs is 5. The van der Waals surface area contributed by atoms with Gasteiger partial charge in [0, 0.05) is 24.0 Å². The lowest BCUT2D eigenvalue weighted by Gasteiger charge is -2.21. The minimum absolute atomic E-state index is 0.959. The molecule has 0 saturated heterocycles. The van der Waals surface area contributed by atoms with E-state index in [-0.39, 0.29) is 0 Å². The van der Waals surface area contributed by atoms with E-state index in [1.54, 1.807) is 17.7 Å². The third-order valence-corrected chi connectivity index (χ3v) is 7.03. The van der Waals surface area contributed by atoms with Gasteiger partial charge < -0.3 is 4.90 Å². The van der Waals surface area contributed by atoms with Crippen molar-refractivity contribution in [2.45, 2.75) is 46.0 Å². The van der Waals surface area contributed by atoms with Crippen LogP contribution >= 0.6 is 11.3 Å². The van der Waals surface area contributed by atoms with Gasteiger partial charge in [0.25, 0.3) is 0 Å². The summed E-state index contributed by atoms with van der Waals surface area (Å²) in [6, 6.07) is 10.6. The lowest BCUT2D eigenvalue weighted by atomic mass is 10.0. The number of benzene rings is 1. The van der Waals surface area contributed by atoms with Crippen LogP contribution < -0.4 is 4.90 Å². The van der Waals surface area contributed by atoms with Crippen molar-refractivity contribution in [1.29, 1.82) is 0 Å². The van der Waals surface area contributed by atoms with Crippen molar-refractivity contribution >= 4 is 37.6 Å². The molecule has 3 aromatic heterocycles. The Hall–Kier alpha value is -2.53. The highest BCUT2D eigenvalue weighted by atomic mass is 32.1. The molecule has 3 heterocycles. The molecule has 0 amide bonds. The van der Waals surface area contributed by atoms with Crippen molar-refractivity contribution in [3.8, 4) is 11.3 Å². The van der Waals surface area contributed by atoms with Crippen LogP contribution in [0.4, 0.5) is 5.82 Å². The van der Waals surface area contributed by atoms with Gasteiger partial charge in [0.05, 0.1) is 15.9 Å². The Bertz CT molecular complexity index is 1170. The van der Waals surface area contributed by atoms with Crippen LogP contribution in [0.5, 0.6) is 0 Å². The molecule has 4 nitrogen and oxygen atoms in total. The van der Waals surface area contributed by atoms with Crippen molar-refractivity contribution in [3.63, 3.8) is 0 Å². The number of rotatable bonds is 6. The molecule has 29 heavy (non-hydrogen) atoms. The SMILES string of the molecule is CCCCN(CC)c1ncnc2c1sc1nc(-c3ccccc3)c3c(c12)CCC3. The lowest BCUT2D eigenvalue weighted by molar-refractivity contribution is 0.726. The molecule has 148 valence electrons. The van der Waals surface area contributed by atoms with Crippen LogP contribution in [0.15, 0.2) is 36.7 Å². The lowest BCUT2D eigenvalue weighted by Crippen LogP contribution is -2.24. The highest BCUT2D eigenvalue weighted by Gasteiger charge is 2.25. The molecule has 0 unspecified atom stereocenters. The summed E-state index contributed by atoms with van der Waals surface area (Å²) in [7, 11) is 0. The van der Waals surface area contributed by atoms with E-state index in [9.17, 15) is 0 Å². The van der Waals surface area contributed by atoms with Crippen LogP contribution in [0.25, 0.3) is 31.7 Å². The van der Waals surface area contributed by atoms with Gasteiger partial charge in [-0.2, -0.15) is 0 Å². The molecule has 0 saturated carbocycles. The van der Waals surface area contributed by atoms with E-state index in [4.69, 9.17) is 15.0 Å². The molecule has 1 aliphatic carbocycles. The predicted molar refractivity (Wildman–Crippen MR) is 123 cm³/mol. The summed E-state index contributed by atoms with van der Waals surface area (Å²) in [6.07, 6.45) is 7.53. The number of nitrogens with zero attached hydrogens (tertiary/aromatic N) is 4. The van der Waals surface area contributed by atoms with Gasteiger partial charge in [-0.1, -0.05) is 43.7 Å². The quantitative estimate of drug-likeness (QED) is 0.395. The third-order valence-electron chi connectivity index (χ3n) is 5.96. The number of pyridine rings is 1. The maximum atomic E-state index is 5.17. The maximum absolute atomic E-state index is 5.17. The largest absolute Gasteiger partial charge is 0.356 e. The molecular weight excluding hydrogens is 376 g/mol. The molecule has 0 fully saturated rings. The molecule has 1 aromatic carbocycles. The van der Waals surface area contributed by atoms with Gasteiger partial charge in [-0.15, -0.1) is 11.3 Å². The molecule has 0 atom stereocenters. The fourth-order valence-electron chi connectivity index (χ4n) is 4.51. The molecule has 1 aliphatic rings. The van der Waals surface area contributed by atoms with Gasteiger partial charge in [0.2, 0.25) is 0 Å². The van der Waals surface area contributed by atoms with E-state index in [0.29, 0.717) is 0 Å². The first-order valence-electron chi connectivity index (χ1n) is 10.7. The zero-order chi connectivity index (χ0) is 19.8. The van der Waals surface area contributed by atoms with Crippen LogP contribution in [0.1, 0.15) is 44.2 Å². The molecule has 5 rings (SSSR count). The summed E-state index contributed by atoms with van der Waals surface area (Å²) in [5.74, 6) is 1.07. The smallest absolute Gasteiger partial charge is 0.150 e. The molecule has 0 radical (unpaired) electrons. The molecule has 0 N–H and O–H groups in total. The fourth-order valence-corrected chi connectivity index (χ4v) is 5.69. The van der Waals surface area contributed by atoms with Gasteiger partial charge in [-0.05, 0) is 43.7 Å². The monoisotopic (exact) mass is 402 g/mol. The summed E-state index contributed by atoms with van der Waals surface area (Å²) in [5.41, 5.74) is 6.35. The van der Waals surface area contributed by atoms with E-state index in [0.717, 1.165) is 47.8 Å². The molecule has 5 heteroatoms. The number of aryl methyl sites for hydroxylation is 1. The Morgan fingerprint density at radius 3 is 2.66 bits per heavy atom. The van der Waals surface area contributed by atoms with E-state index < -0.39 is 0 Å². The summed E-state index contributed by atoms with van der Waals surface area (Å²) in [4.78, 5) is 18.1. The number of hydrogen-bond acceptors (Lipinski definition) is 5. The highest BCUT2D eigenvalue weighted by molar-refractivity contribution is 7.26. The van der Waals surface area contributed by atoms with Gasteiger partial charge in [0.15, 0.2) is 0 Å². The fraction of sp³-hybridized carbons (Fsp3) is 0.375. The molecular formula is C24H26N4S. The number of aromatic nitrogens is 3. The molecule has 0 spiro atoms. The van der Waals surface area contributed by atoms with Gasteiger partial charge >= 0.3 is 0 Å². The summed E-state index contributed by atoms with van der Waals surface area (Å²) in [6.45, 7) is 6.44. The van der Waals surface area contributed by atoms with E-state index in [2.05, 4.69) is 49.1 Å². The second-order valence-electron chi connectivity index (χ2n) is 7.73. The van der Waals surface area contributed by atoms with Crippen LogP contribution in [0.3, 0.4) is 0 Å². The van der Waals surface area contributed by atoms with Crippen molar-refractivity contribution in [2.75, 3.05) is 18.0 Å². The topological polar surface area (TPSA) is 41.9 Å². The standard InChI is InChI=1S/C24H26N4S/c1-3-5-14-28(4-2)23-22-21(25-15-26-23)19-17-12-9-13-18(17)20(27-24(19)29-22)16-10-7-6-8-11-16/h6-8,10-11,15H,3-5,9,12-14H2,1-2H3. The zero-order valence-corrected chi connectivity index (χ0v) is 17.9. The van der Waals surface area contributed by atoms with E-state index in [1.165, 1.54) is 46.0 Å². The van der Waals surface area contributed by atoms with Gasteiger partial charge in [-0.25, -0.2) is 15.0 Å². The van der Waals surface area contributed by atoms with E-state index in [1.807, 2.05) is 0 Å². The zero-order valence-electron chi connectivity index (χ0n) is 17.1. The number of thiophene rings is 1. The van der Waals surface area contributed by atoms with Crippen molar-refractivity contribution in [3.05, 3.63) is 47.8 Å². The average Bonchev–Trinajstić information content (AvgIpc) is 3.39. The normalized spacial score (nSPS) is 13.3. The minimum Gasteiger partial charge on any atom is -0.356 e. The number of anilines is 1. The Labute approximate surface area is 175 Å². The number of unbranched alkanes of at least 4 members (excludes halogenated alkanes) is 1. The van der Waals surface area contributed by atoms with Crippen LogP contribution in [-0.2, 0) is 12.8 Å². The first kappa shape index (κ1) is 18.5. The van der Waals surface area contributed by atoms with Crippen molar-refractivity contribution in [1.82, 2.24) is 15.0 Å². The average molecular weight is 403 g/mol. The molecule has 0 aliphatic heterocycles. The summed E-state index contributed by atoms with van der Waals surface area (Å²) >= 11 is 1.76. The summed E-state index contributed by atoms with van der Waals surface area (Å²) < 4.78 is 1.19. The summed E-state index contributed by atoms with van der Waals surface area (Å²) in [5, 5.41) is 1.27. The van der Waals surface area contributed by atoms with Crippen LogP contribution in [0.2, 0.25) is 0 Å². The second-order valence-corrected chi connectivity index (χ2v) is 8.73. The van der Waals surface area contributed by atoms with Crippen LogP contribution in [0, 0.1) is 0 Å². The highest BCUT2D eigenvalue weighted by Crippen LogP contribution is 2.43. The van der Waals surface area contributed by atoms with Gasteiger partial charge in [0.1, 0.15) is 17.0 Å². The second kappa shape index (κ2) is 7.71. The van der Waals surface area contributed by atoms with Crippen LogP contribution in [-0.4, -0.2) is 28.0 Å². The molecule has 0 bridgehead atoms. The molecule has 4 aromatic rings. The van der Waals surface area contributed by atoms with Crippen molar-refractivity contribution in [2.24, 2.45) is 0 Å². The first-order chi connectivity index (χ1) is 14.3. The Morgan fingerprint density at radius 1 is 1.03 bits per heavy atom. The Morgan fingerprint density at radius 2 is 1.86 bits per heavy atom. The Balaban J connectivity index is 1.75. The third kappa shape index (κ3) is 3.08. The Kier molecular flexibility index (Phi) is 4.92. The minimum atomic E-state index is 0.959. The maximum Gasteiger partial charge on any atom is 0.150 e. The first-order valence-corrected chi connectivity index (χ1v) is 11.5. The predicted octanol–water partition coefficient (Wildman–Crippen LogP) is 6.02.